The summed E-state index contributed by atoms with van der Waals surface area (Å²) in [6.45, 7) is 5.15. The molecule has 2 heterocycles. The highest BCUT2D eigenvalue weighted by Gasteiger charge is 2.38. The van der Waals surface area contributed by atoms with E-state index in [4.69, 9.17) is 16.3 Å². The molecular formula is C10H17BrClNO. The monoisotopic (exact) mass is 281 g/mol. The van der Waals surface area contributed by atoms with Gasteiger partial charge in [0.2, 0.25) is 0 Å². The second kappa shape index (κ2) is 4.28. The van der Waals surface area contributed by atoms with Gasteiger partial charge < -0.3 is 4.74 Å². The maximum atomic E-state index is 6.45. The maximum Gasteiger partial charge on any atom is 0.130 e. The van der Waals surface area contributed by atoms with Crippen LogP contribution < -0.4 is 0 Å². The van der Waals surface area contributed by atoms with Gasteiger partial charge in [0.15, 0.2) is 0 Å². The van der Waals surface area contributed by atoms with Crippen molar-refractivity contribution in [1.82, 2.24) is 4.90 Å². The van der Waals surface area contributed by atoms with Crippen molar-refractivity contribution < 1.29 is 4.74 Å². The number of likely N-dealkylation sites (tertiary alicyclic amines) is 1. The molecule has 0 amide bonds. The number of ether oxygens (including phenoxy) is 1. The Bertz CT molecular complexity index is 212. The molecule has 82 valence electrons. The van der Waals surface area contributed by atoms with Crippen LogP contribution in [0.2, 0.25) is 0 Å². The Kier molecular flexibility index (Phi) is 3.42. The Hall–Kier alpha value is 0.690. The van der Waals surface area contributed by atoms with Gasteiger partial charge in [-0.25, -0.2) is 0 Å². The van der Waals surface area contributed by atoms with Crippen LogP contribution in [-0.2, 0) is 4.74 Å². The van der Waals surface area contributed by atoms with E-state index < -0.39 is 0 Å². The standard InChI is InChI=1S/C10H17BrClNO/c1-10(12)4-2-3-5-13(7-10)8-6-14-9(8)11/h8-9H,2-7H2,1H3. The van der Waals surface area contributed by atoms with Gasteiger partial charge in [-0.2, -0.15) is 0 Å². The van der Waals surface area contributed by atoms with Crippen molar-refractivity contribution in [3.63, 3.8) is 0 Å². The van der Waals surface area contributed by atoms with Crippen molar-refractivity contribution in [1.29, 1.82) is 0 Å². The molecule has 2 aliphatic heterocycles. The lowest BCUT2D eigenvalue weighted by Crippen LogP contribution is -2.55. The third-order valence-corrected chi connectivity index (χ3v) is 4.31. The molecule has 0 spiro atoms. The minimum atomic E-state index is -0.0428. The van der Waals surface area contributed by atoms with Gasteiger partial charge in [0.1, 0.15) is 5.01 Å². The summed E-state index contributed by atoms with van der Waals surface area (Å²) in [4.78, 5) is 2.43. The van der Waals surface area contributed by atoms with Crippen LogP contribution in [0.5, 0.6) is 0 Å². The first-order chi connectivity index (χ1) is 6.58. The quantitative estimate of drug-likeness (QED) is 0.686. The predicted octanol–water partition coefficient (Wildman–Crippen LogP) is 2.59. The summed E-state index contributed by atoms with van der Waals surface area (Å²) >= 11 is 9.96. The van der Waals surface area contributed by atoms with E-state index in [0.717, 1.165) is 19.6 Å². The maximum absolute atomic E-state index is 6.45. The van der Waals surface area contributed by atoms with E-state index in [1.165, 1.54) is 19.4 Å². The van der Waals surface area contributed by atoms with Crippen LogP contribution in [0.15, 0.2) is 0 Å². The second-order valence-corrected chi connectivity index (χ2v) is 6.41. The molecule has 0 N–H and O–H groups in total. The molecule has 0 radical (unpaired) electrons. The lowest BCUT2D eigenvalue weighted by Gasteiger charge is -2.42. The molecule has 2 aliphatic rings. The number of halogens is 2. The minimum Gasteiger partial charge on any atom is -0.363 e. The van der Waals surface area contributed by atoms with E-state index in [9.17, 15) is 0 Å². The second-order valence-electron chi connectivity index (χ2n) is 4.59. The van der Waals surface area contributed by atoms with Crippen molar-refractivity contribution in [2.45, 2.75) is 42.1 Å². The molecule has 2 rings (SSSR count). The molecule has 3 unspecified atom stereocenters. The van der Waals surface area contributed by atoms with Crippen LogP contribution in [0.4, 0.5) is 0 Å². The Morgan fingerprint density at radius 2 is 2.29 bits per heavy atom. The number of hydrogen-bond acceptors (Lipinski definition) is 2. The normalized spacial score (nSPS) is 45.6. The highest BCUT2D eigenvalue weighted by Crippen LogP contribution is 2.32. The molecule has 2 saturated heterocycles. The summed E-state index contributed by atoms with van der Waals surface area (Å²) in [5, 5.41) is 0.216. The highest BCUT2D eigenvalue weighted by atomic mass is 79.9. The molecule has 3 atom stereocenters. The first-order valence-corrected chi connectivity index (χ1v) is 6.56. The van der Waals surface area contributed by atoms with Crippen molar-refractivity contribution in [3.05, 3.63) is 0 Å². The molecule has 2 nitrogen and oxygen atoms in total. The SMILES string of the molecule is CC1(Cl)CCCCN(C2COC2Br)C1. The van der Waals surface area contributed by atoms with Gasteiger partial charge >= 0.3 is 0 Å². The molecule has 4 heteroatoms. The van der Waals surface area contributed by atoms with Crippen LogP contribution >= 0.6 is 27.5 Å². The zero-order chi connectivity index (χ0) is 10.2. The summed E-state index contributed by atoms with van der Waals surface area (Å²) in [6.07, 6.45) is 3.64. The summed E-state index contributed by atoms with van der Waals surface area (Å²) < 4.78 is 5.34. The van der Waals surface area contributed by atoms with Gasteiger partial charge in [-0.1, -0.05) is 22.4 Å². The fourth-order valence-electron chi connectivity index (χ4n) is 2.20. The average molecular weight is 283 g/mol. The summed E-state index contributed by atoms with van der Waals surface area (Å²) in [5.74, 6) is 0. The molecule has 0 aromatic rings. The average Bonchev–Trinajstić information content (AvgIpc) is 2.24. The first kappa shape index (κ1) is 11.2. The van der Waals surface area contributed by atoms with E-state index in [0.29, 0.717) is 6.04 Å². The van der Waals surface area contributed by atoms with Gasteiger partial charge in [-0.05, 0) is 26.3 Å². The number of alkyl halides is 2. The lowest BCUT2D eigenvalue weighted by atomic mass is 10.0. The predicted molar refractivity (Wildman–Crippen MR) is 62.1 cm³/mol. The van der Waals surface area contributed by atoms with Gasteiger partial charge in [-0.15, -0.1) is 11.6 Å². The Morgan fingerprint density at radius 1 is 1.50 bits per heavy atom. The van der Waals surface area contributed by atoms with Gasteiger partial charge in [0.25, 0.3) is 0 Å². The smallest absolute Gasteiger partial charge is 0.130 e. The zero-order valence-corrected chi connectivity index (χ0v) is 10.9. The minimum absolute atomic E-state index is 0.0428. The van der Waals surface area contributed by atoms with Crippen LogP contribution in [0, 0.1) is 0 Å². The Labute approximate surface area is 99.1 Å². The molecule has 0 bridgehead atoms. The fraction of sp³-hybridized carbons (Fsp3) is 1.00. The van der Waals surface area contributed by atoms with Crippen LogP contribution in [0.25, 0.3) is 0 Å². The fourth-order valence-corrected chi connectivity index (χ4v) is 3.13. The van der Waals surface area contributed by atoms with Gasteiger partial charge in [0.05, 0.1) is 17.5 Å². The van der Waals surface area contributed by atoms with E-state index in [-0.39, 0.29) is 9.89 Å². The van der Waals surface area contributed by atoms with Crippen LogP contribution in [0.3, 0.4) is 0 Å². The molecule has 0 aromatic heterocycles. The third-order valence-electron chi connectivity index (χ3n) is 3.12. The molecule has 0 aromatic carbocycles. The van der Waals surface area contributed by atoms with Crippen molar-refractivity contribution >= 4 is 27.5 Å². The van der Waals surface area contributed by atoms with Crippen LogP contribution in [0.1, 0.15) is 26.2 Å². The van der Waals surface area contributed by atoms with E-state index in [2.05, 4.69) is 27.8 Å². The molecule has 0 aliphatic carbocycles. The van der Waals surface area contributed by atoms with Crippen LogP contribution in [-0.4, -0.2) is 40.5 Å². The summed E-state index contributed by atoms with van der Waals surface area (Å²) in [5.41, 5.74) is 0. The van der Waals surface area contributed by atoms with Crippen molar-refractivity contribution in [2.24, 2.45) is 0 Å². The number of hydrogen-bond donors (Lipinski definition) is 0. The summed E-state index contributed by atoms with van der Waals surface area (Å²) in [7, 11) is 0. The number of rotatable bonds is 1. The Morgan fingerprint density at radius 3 is 2.86 bits per heavy atom. The van der Waals surface area contributed by atoms with E-state index >= 15 is 0 Å². The lowest BCUT2D eigenvalue weighted by molar-refractivity contribution is -0.0833. The van der Waals surface area contributed by atoms with Gasteiger partial charge in [0, 0.05) is 6.54 Å². The largest absolute Gasteiger partial charge is 0.363 e. The van der Waals surface area contributed by atoms with E-state index in [1.54, 1.807) is 0 Å². The molecule has 14 heavy (non-hydrogen) atoms. The number of nitrogens with zero attached hydrogens (tertiary/aromatic N) is 1. The van der Waals surface area contributed by atoms with E-state index in [1.807, 2.05) is 0 Å². The van der Waals surface area contributed by atoms with Crippen molar-refractivity contribution in [3.8, 4) is 0 Å². The first-order valence-electron chi connectivity index (χ1n) is 5.27. The highest BCUT2D eigenvalue weighted by molar-refractivity contribution is 9.09. The molecule has 0 saturated carbocycles. The van der Waals surface area contributed by atoms with Gasteiger partial charge in [-0.3, -0.25) is 4.90 Å². The third kappa shape index (κ3) is 2.43. The summed E-state index contributed by atoms with van der Waals surface area (Å²) in [6, 6.07) is 0.533. The molecular weight excluding hydrogens is 265 g/mol. The molecule has 2 fully saturated rings. The zero-order valence-electron chi connectivity index (χ0n) is 8.51. The van der Waals surface area contributed by atoms with Crippen molar-refractivity contribution in [2.75, 3.05) is 19.7 Å². The topological polar surface area (TPSA) is 12.5 Å². The Balaban J connectivity index is 1.96.